The van der Waals surface area contributed by atoms with Crippen LogP contribution in [-0.2, 0) is 0 Å². The molecule has 104 valence electrons. The minimum absolute atomic E-state index is 0.00144. The third-order valence-electron chi connectivity index (χ3n) is 3.47. The van der Waals surface area contributed by atoms with Gasteiger partial charge in [-0.05, 0) is 43.4 Å². The number of benzene rings is 1. The van der Waals surface area contributed by atoms with Crippen LogP contribution in [0.25, 0.3) is 0 Å². The van der Waals surface area contributed by atoms with Crippen molar-refractivity contribution in [3.63, 3.8) is 0 Å². The lowest BCUT2D eigenvalue weighted by molar-refractivity contribution is 0.0735. The molecule has 0 aliphatic heterocycles. The molecule has 4 nitrogen and oxygen atoms in total. The fourth-order valence-corrected chi connectivity index (χ4v) is 2.08. The van der Waals surface area contributed by atoms with Gasteiger partial charge in [-0.2, -0.15) is 0 Å². The molecule has 1 aliphatic carbocycles. The summed E-state index contributed by atoms with van der Waals surface area (Å²) < 4.78 is 0. The first-order valence-electron chi connectivity index (χ1n) is 6.88. The highest BCUT2D eigenvalue weighted by Crippen LogP contribution is 2.30. The molecule has 4 heteroatoms. The van der Waals surface area contributed by atoms with Gasteiger partial charge in [0.15, 0.2) is 0 Å². The summed E-state index contributed by atoms with van der Waals surface area (Å²) in [5, 5.41) is 9.61. The van der Waals surface area contributed by atoms with E-state index < -0.39 is 0 Å². The van der Waals surface area contributed by atoms with Crippen LogP contribution >= 0.6 is 0 Å². The van der Waals surface area contributed by atoms with Crippen molar-refractivity contribution in [3.8, 4) is 5.75 Å². The van der Waals surface area contributed by atoms with Crippen LogP contribution in [0.15, 0.2) is 18.2 Å². The van der Waals surface area contributed by atoms with Gasteiger partial charge in [-0.25, -0.2) is 0 Å². The average molecular weight is 262 g/mol. The van der Waals surface area contributed by atoms with Gasteiger partial charge in [-0.1, -0.05) is 13.8 Å². The van der Waals surface area contributed by atoms with Gasteiger partial charge in [-0.3, -0.25) is 4.79 Å². The number of phenolic OH excluding ortho intramolecular Hbond substituents is 1. The van der Waals surface area contributed by atoms with Gasteiger partial charge in [-0.15, -0.1) is 0 Å². The third-order valence-corrected chi connectivity index (χ3v) is 3.47. The van der Waals surface area contributed by atoms with E-state index in [1.807, 2.05) is 4.90 Å². The van der Waals surface area contributed by atoms with E-state index in [9.17, 15) is 9.90 Å². The van der Waals surface area contributed by atoms with Crippen molar-refractivity contribution in [2.45, 2.75) is 39.2 Å². The van der Waals surface area contributed by atoms with Gasteiger partial charge in [0, 0.05) is 18.2 Å². The Kier molecular flexibility index (Phi) is 3.98. The number of nitrogens with two attached hydrogens (primary N) is 1. The molecule has 0 spiro atoms. The summed E-state index contributed by atoms with van der Waals surface area (Å²) in [6.07, 6.45) is 3.18. The van der Waals surface area contributed by atoms with E-state index in [2.05, 4.69) is 13.8 Å². The normalized spacial score (nSPS) is 14.7. The number of hydrogen-bond donors (Lipinski definition) is 2. The van der Waals surface area contributed by atoms with Crippen LogP contribution in [0.4, 0.5) is 5.69 Å². The summed E-state index contributed by atoms with van der Waals surface area (Å²) in [6, 6.07) is 5.10. The summed E-state index contributed by atoms with van der Waals surface area (Å²) in [6.45, 7) is 5.10. The number of nitrogens with zero attached hydrogens (tertiary/aromatic N) is 1. The molecule has 0 bridgehead atoms. The van der Waals surface area contributed by atoms with Gasteiger partial charge >= 0.3 is 0 Å². The molecule has 0 radical (unpaired) electrons. The predicted octanol–water partition coefficient (Wildman–Crippen LogP) is 2.63. The summed E-state index contributed by atoms with van der Waals surface area (Å²) in [5.41, 5.74) is 6.38. The van der Waals surface area contributed by atoms with Crippen LogP contribution in [0.1, 0.15) is 43.5 Å². The van der Waals surface area contributed by atoms with Gasteiger partial charge in [0.05, 0.1) is 5.69 Å². The molecule has 3 N–H and O–H groups in total. The number of aromatic hydroxyl groups is 1. The summed E-state index contributed by atoms with van der Waals surface area (Å²) >= 11 is 0. The number of nitrogen functional groups attached to an aromatic ring is 1. The van der Waals surface area contributed by atoms with Crippen LogP contribution in [0.2, 0.25) is 0 Å². The molecule has 1 fully saturated rings. The molecule has 1 aromatic rings. The van der Waals surface area contributed by atoms with Gasteiger partial charge in [0.25, 0.3) is 5.91 Å². The highest BCUT2D eigenvalue weighted by Gasteiger charge is 2.32. The van der Waals surface area contributed by atoms with Crippen molar-refractivity contribution >= 4 is 11.6 Å². The maximum atomic E-state index is 12.5. The van der Waals surface area contributed by atoms with Gasteiger partial charge in [0.1, 0.15) is 5.75 Å². The fraction of sp³-hybridized carbons (Fsp3) is 0.533. The average Bonchev–Trinajstić information content (AvgIpc) is 3.16. The number of phenols is 1. The lowest BCUT2D eigenvalue weighted by Gasteiger charge is -2.23. The highest BCUT2D eigenvalue weighted by molar-refractivity contribution is 5.95. The van der Waals surface area contributed by atoms with Crippen LogP contribution in [0.5, 0.6) is 5.75 Å². The molecule has 0 heterocycles. The first kappa shape index (κ1) is 13.7. The largest absolute Gasteiger partial charge is 0.506 e. The second kappa shape index (κ2) is 5.51. The molecule has 1 aromatic carbocycles. The molecule has 1 amide bonds. The van der Waals surface area contributed by atoms with Crippen LogP contribution in [0, 0.1) is 5.92 Å². The smallest absolute Gasteiger partial charge is 0.254 e. The summed E-state index contributed by atoms with van der Waals surface area (Å²) in [7, 11) is 0. The van der Waals surface area contributed by atoms with E-state index in [-0.39, 0.29) is 11.7 Å². The Morgan fingerprint density at radius 2 is 2.16 bits per heavy atom. The van der Waals surface area contributed by atoms with Crippen LogP contribution < -0.4 is 5.73 Å². The number of anilines is 1. The predicted molar refractivity (Wildman–Crippen MR) is 76.0 cm³/mol. The molecule has 2 rings (SSSR count). The maximum Gasteiger partial charge on any atom is 0.254 e. The molecular formula is C15H22N2O2. The Morgan fingerprint density at radius 3 is 2.68 bits per heavy atom. The second-order valence-electron chi connectivity index (χ2n) is 5.69. The summed E-state index contributed by atoms with van der Waals surface area (Å²) in [4.78, 5) is 14.4. The molecule has 0 atom stereocenters. The van der Waals surface area contributed by atoms with Crippen LogP contribution in [-0.4, -0.2) is 28.5 Å². The van der Waals surface area contributed by atoms with Gasteiger partial charge < -0.3 is 15.7 Å². The van der Waals surface area contributed by atoms with Crippen LogP contribution in [0.3, 0.4) is 0 Å². The standard InChI is InChI=1S/C15H22N2O2/c1-10(2)7-8-17(12-4-5-12)15(19)11-3-6-13(16)14(18)9-11/h3,6,9-10,12,18H,4-5,7-8,16H2,1-2H3. The minimum atomic E-state index is -0.0227. The Hall–Kier alpha value is -1.71. The van der Waals surface area contributed by atoms with E-state index >= 15 is 0 Å². The molecular weight excluding hydrogens is 240 g/mol. The first-order valence-corrected chi connectivity index (χ1v) is 6.88. The third kappa shape index (κ3) is 3.40. The zero-order valence-electron chi connectivity index (χ0n) is 11.6. The van der Waals surface area contributed by atoms with Crippen molar-refractivity contribution in [2.75, 3.05) is 12.3 Å². The summed E-state index contributed by atoms with van der Waals surface area (Å²) in [5.74, 6) is 0.553. The van der Waals surface area contributed by atoms with E-state index in [1.165, 1.54) is 6.07 Å². The molecule has 1 aliphatic rings. The van der Waals surface area contributed by atoms with Crippen molar-refractivity contribution in [2.24, 2.45) is 5.92 Å². The van der Waals surface area contributed by atoms with Crippen molar-refractivity contribution in [1.29, 1.82) is 0 Å². The fourth-order valence-electron chi connectivity index (χ4n) is 2.08. The number of rotatable bonds is 5. The highest BCUT2D eigenvalue weighted by atomic mass is 16.3. The topological polar surface area (TPSA) is 66.6 Å². The molecule has 0 unspecified atom stereocenters. The number of carbonyl (C=O) groups is 1. The van der Waals surface area contributed by atoms with Gasteiger partial charge in [0.2, 0.25) is 0 Å². The van der Waals surface area contributed by atoms with Crippen molar-refractivity contribution in [1.82, 2.24) is 4.90 Å². The SMILES string of the molecule is CC(C)CCN(C(=O)c1ccc(N)c(O)c1)C1CC1. The maximum absolute atomic E-state index is 12.5. The van der Waals surface area contributed by atoms with E-state index in [0.717, 1.165) is 25.8 Å². The zero-order valence-corrected chi connectivity index (χ0v) is 11.6. The Labute approximate surface area is 114 Å². The Balaban J connectivity index is 2.12. The first-order chi connectivity index (χ1) is 8.99. The number of amides is 1. The zero-order chi connectivity index (χ0) is 14.0. The number of hydrogen-bond acceptors (Lipinski definition) is 3. The lowest BCUT2D eigenvalue weighted by atomic mass is 10.1. The molecule has 0 saturated heterocycles. The Bertz CT molecular complexity index is 467. The van der Waals surface area contributed by atoms with E-state index in [1.54, 1.807) is 12.1 Å². The van der Waals surface area contributed by atoms with E-state index in [4.69, 9.17) is 5.73 Å². The molecule has 0 aromatic heterocycles. The second-order valence-corrected chi connectivity index (χ2v) is 5.69. The minimum Gasteiger partial charge on any atom is -0.506 e. The Morgan fingerprint density at radius 1 is 1.47 bits per heavy atom. The molecule has 19 heavy (non-hydrogen) atoms. The number of carbonyl (C=O) groups excluding carboxylic acids is 1. The van der Waals surface area contributed by atoms with Crippen molar-refractivity contribution < 1.29 is 9.90 Å². The van der Waals surface area contributed by atoms with E-state index in [0.29, 0.717) is 23.2 Å². The van der Waals surface area contributed by atoms with Crippen molar-refractivity contribution in [3.05, 3.63) is 23.8 Å². The monoisotopic (exact) mass is 262 g/mol. The molecule has 1 saturated carbocycles. The lowest BCUT2D eigenvalue weighted by Crippen LogP contribution is -2.34. The quantitative estimate of drug-likeness (QED) is 0.633.